The quantitative estimate of drug-likeness (QED) is 0.531. The van der Waals surface area contributed by atoms with Gasteiger partial charge in [-0.2, -0.15) is 0 Å². The molecule has 0 bridgehead atoms. The third-order valence-corrected chi connectivity index (χ3v) is 3.92. The highest BCUT2D eigenvalue weighted by Gasteiger charge is 2.23. The zero-order valence-electron chi connectivity index (χ0n) is 10.5. The van der Waals surface area contributed by atoms with Crippen molar-refractivity contribution in [1.29, 1.82) is 0 Å². The first-order chi connectivity index (χ1) is 7.66. The van der Waals surface area contributed by atoms with E-state index < -0.39 is 0 Å². The molecule has 4 nitrogen and oxygen atoms in total. The molecule has 1 heterocycles. The van der Waals surface area contributed by atoms with Crippen LogP contribution < -0.4 is 5.73 Å². The van der Waals surface area contributed by atoms with E-state index in [1.807, 2.05) is 0 Å². The SMILES string of the molecule is CC1CN(C(N)=NC2CCCC2)CCN1C. The van der Waals surface area contributed by atoms with Crippen molar-refractivity contribution in [2.45, 2.75) is 44.7 Å². The monoisotopic (exact) mass is 224 g/mol. The Morgan fingerprint density at radius 2 is 1.94 bits per heavy atom. The van der Waals surface area contributed by atoms with Gasteiger partial charge in [0.1, 0.15) is 0 Å². The highest BCUT2D eigenvalue weighted by molar-refractivity contribution is 5.78. The van der Waals surface area contributed by atoms with E-state index in [0.29, 0.717) is 12.1 Å². The van der Waals surface area contributed by atoms with Crippen molar-refractivity contribution in [1.82, 2.24) is 9.80 Å². The smallest absolute Gasteiger partial charge is 0.191 e. The molecule has 0 aromatic rings. The molecule has 0 aromatic heterocycles. The summed E-state index contributed by atoms with van der Waals surface area (Å²) in [7, 11) is 2.17. The first kappa shape index (κ1) is 11.7. The zero-order valence-corrected chi connectivity index (χ0v) is 10.5. The lowest BCUT2D eigenvalue weighted by Crippen LogP contribution is -2.54. The van der Waals surface area contributed by atoms with Crippen LogP contribution in [0.2, 0.25) is 0 Å². The first-order valence-corrected chi connectivity index (χ1v) is 6.45. The van der Waals surface area contributed by atoms with Crippen LogP contribution in [-0.4, -0.2) is 54.5 Å². The standard InChI is InChI=1S/C12H24N4/c1-10-9-16(8-7-15(10)2)12(13)14-11-5-3-4-6-11/h10-11H,3-9H2,1-2H3,(H2,13,14). The van der Waals surface area contributed by atoms with Gasteiger partial charge in [-0.1, -0.05) is 12.8 Å². The second kappa shape index (κ2) is 5.04. The largest absolute Gasteiger partial charge is 0.370 e. The van der Waals surface area contributed by atoms with Crippen molar-refractivity contribution < 1.29 is 0 Å². The molecule has 1 aliphatic heterocycles. The van der Waals surface area contributed by atoms with Gasteiger partial charge in [-0.05, 0) is 26.8 Å². The number of likely N-dealkylation sites (N-methyl/N-ethyl adjacent to an activating group) is 1. The number of guanidine groups is 1. The zero-order chi connectivity index (χ0) is 11.5. The van der Waals surface area contributed by atoms with Crippen LogP contribution in [0.5, 0.6) is 0 Å². The molecule has 2 fully saturated rings. The fourth-order valence-electron chi connectivity index (χ4n) is 2.56. The molecule has 2 aliphatic rings. The van der Waals surface area contributed by atoms with Gasteiger partial charge in [0, 0.05) is 25.7 Å². The maximum Gasteiger partial charge on any atom is 0.191 e. The molecule has 4 heteroatoms. The molecule has 0 aromatic carbocycles. The maximum absolute atomic E-state index is 6.09. The molecule has 0 radical (unpaired) electrons. The van der Waals surface area contributed by atoms with Gasteiger partial charge < -0.3 is 15.5 Å². The minimum Gasteiger partial charge on any atom is -0.370 e. The van der Waals surface area contributed by atoms with E-state index in [1.165, 1.54) is 25.7 Å². The lowest BCUT2D eigenvalue weighted by molar-refractivity contribution is 0.151. The van der Waals surface area contributed by atoms with Crippen LogP contribution >= 0.6 is 0 Å². The molecule has 1 unspecified atom stereocenters. The number of nitrogens with two attached hydrogens (primary N) is 1. The third-order valence-electron chi connectivity index (χ3n) is 3.92. The number of piperazine rings is 1. The summed E-state index contributed by atoms with van der Waals surface area (Å²) in [6.45, 7) is 5.36. The summed E-state index contributed by atoms with van der Waals surface area (Å²) >= 11 is 0. The second-order valence-electron chi connectivity index (χ2n) is 5.20. The minimum absolute atomic E-state index is 0.495. The first-order valence-electron chi connectivity index (χ1n) is 6.45. The van der Waals surface area contributed by atoms with E-state index in [9.17, 15) is 0 Å². The van der Waals surface area contributed by atoms with E-state index in [0.717, 1.165) is 25.6 Å². The second-order valence-corrected chi connectivity index (χ2v) is 5.20. The third kappa shape index (κ3) is 2.67. The van der Waals surface area contributed by atoms with Gasteiger partial charge in [-0.25, -0.2) is 4.99 Å². The molecular weight excluding hydrogens is 200 g/mol. The van der Waals surface area contributed by atoms with Crippen molar-refractivity contribution in [2.24, 2.45) is 10.7 Å². The van der Waals surface area contributed by atoms with Crippen molar-refractivity contribution in [3.63, 3.8) is 0 Å². The lowest BCUT2D eigenvalue weighted by atomic mass is 10.2. The van der Waals surface area contributed by atoms with Gasteiger partial charge >= 0.3 is 0 Å². The maximum atomic E-state index is 6.09. The molecule has 1 atom stereocenters. The summed E-state index contributed by atoms with van der Waals surface area (Å²) in [5.74, 6) is 0.770. The summed E-state index contributed by atoms with van der Waals surface area (Å²) in [5, 5.41) is 0. The molecule has 0 amide bonds. The summed E-state index contributed by atoms with van der Waals surface area (Å²) < 4.78 is 0. The van der Waals surface area contributed by atoms with Crippen molar-refractivity contribution in [3.8, 4) is 0 Å². The van der Waals surface area contributed by atoms with Crippen LogP contribution in [0, 0.1) is 0 Å². The Morgan fingerprint density at radius 3 is 2.56 bits per heavy atom. The number of nitrogens with zero attached hydrogens (tertiary/aromatic N) is 3. The van der Waals surface area contributed by atoms with Crippen molar-refractivity contribution in [3.05, 3.63) is 0 Å². The molecule has 0 spiro atoms. The van der Waals surface area contributed by atoms with Gasteiger partial charge in [0.15, 0.2) is 5.96 Å². The van der Waals surface area contributed by atoms with Gasteiger partial charge in [0.05, 0.1) is 6.04 Å². The van der Waals surface area contributed by atoms with Crippen LogP contribution in [0.1, 0.15) is 32.6 Å². The number of hydrogen-bond acceptors (Lipinski definition) is 2. The number of aliphatic imine (C=N–C) groups is 1. The van der Waals surface area contributed by atoms with Crippen LogP contribution in [-0.2, 0) is 0 Å². The van der Waals surface area contributed by atoms with Gasteiger partial charge in [0.25, 0.3) is 0 Å². The Labute approximate surface area is 98.5 Å². The molecule has 1 saturated carbocycles. The summed E-state index contributed by atoms with van der Waals surface area (Å²) in [6.07, 6.45) is 5.09. The van der Waals surface area contributed by atoms with E-state index in [4.69, 9.17) is 5.73 Å². The van der Waals surface area contributed by atoms with Gasteiger partial charge in [-0.3, -0.25) is 0 Å². The molecule has 2 N–H and O–H groups in total. The molecule has 1 aliphatic carbocycles. The van der Waals surface area contributed by atoms with Crippen LogP contribution in [0.15, 0.2) is 4.99 Å². The average Bonchev–Trinajstić information content (AvgIpc) is 2.74. The summed E-state index contributed by atoms with van der Waals surface area (Å²) in [6, 6.07) is 1.07. The van der Waals surface area contributed by atoms with E-state index in [2.05, 4.69) is 28.8 Å². The highest BCUT2D eigenvalue weighted by atomic mass is 15.3. The Hall–Kier alpha value is -0.770. The van der Waals surface area contributed by atoms with Crippen LogP contribution in [0.3, 0.4) is 0 Å². The number of hydrogen-bond donors (Lipinski definition) is 1. The summed E-state index contributed by atoms with van der Waals surface area (Å²) in [4.78, 5) is 9.27. The predicted octanol–water partition coefficient (Wildman–Crippen LogP) is 0.880. The average molecular weight is 224 g/mol. The summed E-state index contributed by atoms with van der Waals surface area (Å²) in [5.41, 5.74) is 6.09. The van der Waals surface area contributed by atoms with E-state index >= 15 is 0 Å². The van der Waals surface area contributed by atoms with Crippen LogP contribution in [0.4, 0.5) is 0 Å². The number of rotatable bonds is 1. The topological polar surface area (TPSA) is 44.9 Å². The van der Waals surface area contributed by atoms with Gasteiger partial charge in [-0.15, -0.1) is 0 Å². The fourth-order valence-corrected chi connectivity index (χ4v) is 2.56. The Balaban J connectivity index is 1.91. The Kier molecular flexibility index (Phi) is 3.69. The van der Waals surface area contributed by atoms with Crippen molar-refractivity contribution in [2.75, 3.05) is 26.7 Å². The Bertz CT molecular complexity index is 258. The molecule has 2 rings (SSSR count). The minimum atomic E-state index is 0.495. The molecule has 16 heavy (non-hydrogen) atoms. The van der Waals surface area contributed by atoms with Gasteiger partial charge in [0.2, 0.25) is 0 Å². The van der Waals surface area contributed by atoms with E-state index in [1.54, 1.807) is 0 Å². The predicted molar refractivity (Wildman–Crippen MR) is 67.5 cm³/mol. The molecule has 92 valence electrons. The molecule has 1 saturated heterocycles. The normalized spacial score (nSPS) is 30.0. The fraction of sp³-hybridized carbons (Fsp3) is 0.917. The lowest BCUT2D eigenvalue weighted by Gasteiger charge is -2.38. The highest BCUT2D eigenvalue weighted by Crippen LogP contribution is 2.21. The van der Waals surface area contributed by atoms with E-state index in [-0.39, 0.29) is 0 Å². The molecular formula is C12H24N4. The Morgan fingerprint density at radius 1 is 1.25 bits per heavy atom. The van der Waals surface area contributed by atoms with Crippen molar-refractivity contribution >= 4 is 5.96 Å². The van der Waals surface area contributed by atoms with Crippen LogP contribution in [0.25, 0.3) is 0 Å².